The van der Waals surface area contributed by atoms with Gasteiger partial charge < -0.3 is 15.3 Å². The molecule has 0 amide bonds. The standard InChI is InChI=1S/C25H28N2O3/c1-26-22-14-16-27(17-15-22)23-10-8-21(9-11-23)25(30)13-7-20-4-2-19(3-5-20)6-12-24(29)18-28/h2-13,22,26,28H,14-18H2,1H3/b12-6+,13-7+. The van der Waals surface area contributed by atoms with E-state index >= 15 is 0 Å². The second-order valence-electron chi connectivity index (χ2n) is 7.42. The molecule has 5 nitrogen and oxygen atoms in total. The Bertz CT molecular complexity index is 906. The van der Waals surface area contributed by atoms with Gasteiger partial charge in [0.2, 0.25) is 0 Å². The van der Waals surface area contributed by atoms with Crippen molar-refractivity contribution >= 4 is 29.4 Å². The normalized spacial score (nSPS) is 15.2. The summed E-state index contributed by atoms with van der Waals surface area (Å²) >= 11 is 0. The van der Waals surface area contributed by atoms with Crippen LogP contribution in [-0.2, 0) is 4.79 Å². The summed E-state index contributed by atoms with van der Waals surface area (Å²) in [6.07, 6.45) is 8.62. The molecule has 2 N–H and O–H groups in total. The molecule has 1 saturated heterocycles. The van der Waals surface area contributed by atoms with Crippen molar-refractivity contribution < 1.29 is 14.7 Å². The van der Waals surface area contributed by atoms with Crippen molar-refractivity contribution in [2.75, 3.05) is 31.6 Å². The summed E-state index contributed by atoms with van der Waals surface area (Å²) in [5.74, 6) is -0.369. The number of nitrogens with zero attached hydrogens (tertiary/aromatic N) is 1. The maximum absolute atomic E-state index is 12.5. The Morgan fingerprint density at radius 3 is 2.07 bits per heavy atom. The van der Waals surface area contributed by atoms with Crippen LogP contribution in [0.25, 0.3) is 12.2 Å². The minimum absolute atomic E-state index is 0.0343. The van der Waals surface area contributed by atoms with Gasteiger partial charge in [-0.3, -0.25) is 9.59 Å². The van der Waals surface area contributed by atoms with Crippen molar-refractivity contribution in [3.05, 3.63) is 77.4 Å². The van der Waals surface area contributed by atoms with Crippen LogP contribution in [0, 0.1) is 0 Å². The number of aliphatic hydroxyl groups is 1. The third-order valence-corrected chi connectivity index (χ3v) is 5.40. The summed E-state index contributed by atoms with van der Waals surface area (Å²) in [6.45, 7) is 1.56. The Balaban J connectivity index is 1.57. The van der Waals surface area contributed by atoms with Crippen molar-refractivity contribution in [1.82, 2.24) is 5.32 Å². The van der Waals surface area contributed by atoms with Crippen LogP contribution in [0.2, 0.25) is 0 Å². The van der Waals surface area contributed by atoms with Gasteiger partial charge in [0.05, 0.1) is 0 Å². The molecule has 1 heterocycles. The van der Waals surface area contributed by atoms with Crippen LogP contribution >= 0.6 is 0 Å². The summed E-state index contributed by atoms with van der Waals surface area (Å²) in [6, 6.07) is 15.9. The second kappa shape index (κ2) is 10.7. The zero-order valence-electron chi connectivity index (χ0n) is 17.3. The van der Waals surface area contributed by atoms with E-state index < -0.39 is 6.61 Å². The highest BCUT2D eigenvalue weighted by Gasteiger charge is 2.17. The summed E-state index contributed by atoms with van der Waals surface area (Å²) in [4.78, 5) is 26.0. The van der Waals surface area contributed by atoms with Crippen LogP contribution in [0.4, 0.5) is 5.69 Å². The summed E-state index contributed by atoms with van der Waals surface area (Å²) in [5.41, 5.74) is 3.59. The van der Waals surface area contributed by atoms with E-state index in [9.17, 15) is 9.59 Å². The Hall–Kier alpha value is -3.02. The molecule has 0 saturated carbocycles. The number of carbonyl (C=O) groups excluding carboxylic acids is 2. The molecular weight excluding hydrogens is 376 g/mol. The smallest absolute Gasteiger partial charge is 0.185 e. The first-order chi connectivity index (χ1) is 14.6. The fourth-order valence-electron chi connectivity index (χ4n) is 3.49. The number of anilines is 1. The lowest BCUT2D eigenvalue weighted by Gasteiger charge is -2.33. The average molecular weight is 405 g/mol. The van der Waals surface area contributed by atoms with E-state index in [0.717, 1.165) is 42.7 Å². The van der Waals surface area contributed by atoms with Crippen LogP contribution in [-0.4, -0.2) is 49.5 Å². The first-order valence-electron chi connectivity index (χ1n) is 10.3. The number of allylic oxidation sites excluding steroid dienone is 1. The number of hydrogen-bond acceptors (Lipinski definition) is 5. The van der Waals surface area contributed by atoms with Gasteiger partial charge in [-0.05, 0) is 67.4 Å². The highest BCUT2D eigenvalue weighted by atomic mass is 16.3. The molecule has 5 heteroatoms. The molecule has 2 aromatic carbocycles. The molecule has 0 spiro atoms. The van der Waals surface area contributed by atoms with E-state index in [1.54, 1.807) is 18.2 Å². The maximum Gasteiger partial charge on any atom is 0.185 e. The number of benzene rings is 2. The number of piperidine rings is 1. The maximum atomic E-state index is 12.5. The Morgan fingerprint density at radius 2 is 1.53 bits per heavy atom. The summed E-state index contributed by atoms with van der Waals surface area (Å²) in [7, 11) is 2.01. The zero-order valence-corrected chi connectivity index (χ0v) is 17.3. The topological polar surface area (TPSA) is 69.6 Å². The Labute approximate surface area is 177 Å². The van der Waals surface area contributed by atoms with Gasteiger partial charge in [-0.2, -0.15) is 0 Å². The molecule has 1 aliphatic rings. The number of hydrogen-bond donors (Lipinski definition) is 2. The van der Waals surface area contributed by atoms with Gasteiger partial charge in [0.1, 0.15) is 6.61 Å². The van der Waals surface area contributed by atoms with E-state index in [0.29, 0.717) is 11.6 Å². The van der Waals surface area contributed by atoms with Gasteiger partial charge >= 0.3 is 0 Å². The van der Waals surface area contributed by atoms with E-state index in [-0.39, 0.29) is 11.6 Å². The van der Waals surface area contributed by atoms with Crippen LogP contribution < -0.4 is 10.2 Å². The molecule has 1 fully saturated rings. The molecule has 0 unspecified atom stereocenters. The minimum atomic E-state index is -0.491. The molecule has 2 aromatic rings. The highest BCUT2D eigenvalue weighted by molar-refractivity contribution is 6.07. The first kappa shape index (κ1) is 21.7. The largest absolute Gasteiger partial charge is 0.388 e. The van der Waals surface area contributed by atoms with E-state index in [1.807, 2.05) is 55.6 Å². The van der Waals surface area contributed by atoms with Crippen molar-refractivity contribution in [1.29, 1.82) is 0 Å². The molecule has 156 valence electrons. The number of aliphatic hydroxyl groups excluding tert-OH is 1. The molecule has 3 rings (SSSR count). The fourth-order valence-corrected chi connectivity index (χ4v) is 3.49. The first-order valence-corrected chi connectivity index (χ1v) is 10.3. The van der Waals surface area contributed by atoms with Gasteiger partial charge in [0.25, 0.3) is 0 Å². The number of ketones is 2. The van der Waals surface area contributed by atoms with Crippen LogP contribution in [0.5, 0.6) is 0 Å². The van der Waals surface area contributed by atoms with E-state index in [2.05, 4.69) is 10.2 Å². The van der Waals surface area contributed by atoms with Gasteiger partial charge in [-0.25, -0.2) is 0 Å². The molecule has 0 aliphatic carbocycles. The minimum Gasteiger partial charge on any atom is -0.388 e. The Kier molecular flexibility index (Phi) is 7.71. The molecular formula is C25H28N2O3. The lowest BCUT2D eigenvalue weighted by molar-refractivity contribution is -0.117. The lowest BCUT2D eigenvalue weighted by atomic mass is 10.0. The number of nitrogens with one attached hydrogen (secondary N) is 1. The third kappa shape index (κ3) is 5.99. The van der Waals surface area contributed by atoms with Gasteiger partial charge in [-0.15, -0.1) is 0 Å². The molecule has 0 aromatic heterocycles. The average Bonchev–Trinajstić information content (AvgIpc) is 2.81. The number of carbonyl (C=O) groups is 2. The van der Waals surface area contributed by atoms with Crippen molar-refractivity contribution in [2.45, 2.75) is 18.9 Å². The van der Waals surface area contributed by atoms with E-state index in [1.165, 1.54) is 6.08 Å². The SMILES string of the molecule is CNC1CCN(c2ccc(C(=O)/C=C/c3ccc(/C=C/C(=O)CO)cc3)cc2)CC1. The van der Waals surface area contributed by atoms with Crippen molar-refractivity contribution in [3.8, 4) is 0 Å². The summed E-state index contributed by atoms with van der Waals surface area (Å²) in [5, 5.41) is 12.1. The van der Waals surface area contributed by atoms with Crippen LogP contribution in [0.15, 0.2) is 60.7 Å². The van der Waals surface area contributed by atoms with E-state index in [4.69, 9.17) is 5.11 Å². The van der Waals surface area contributed by atoms with Gasteiger partial charge in [0, 0.05) is 30.4 Å². The van der Waals surface area contributed by atoms with Crippen LogP contribution in [0.1, 0.15) is 34.3 Å². The quantitative estimate of drug-likeness (QED) is 0.522. The lowest BCUT2D eigenvalue weighted by Crippen LogP contribution is -2.41. The third-order valence-electron chi connectivity index (χ3n) is 5.40. The zero-order chi connectivity index (χ0) is 21.3. The number of rotatable bonds is 8. The molecule has 0 radical (unpaired) electrons. The molecule has 0 bridgehead atoms. The van der Waals surface area contributed by atoms with Crippen molar-refractivity contribution in [3.63, 3.8) is 0 Å². The monoisotopic (exact) mass is 404 g/mol. The Morgan fingerprint density at radius 1 is 0.967 bits per heavy atom. The molecule has 30 heavy (non-hydrogen) atoms. The molecule has 1 aliphatic heterocycles. The predicted molar refractivity (Wildman–Crippen MR) is 122 cm³/mol. The van der Waals surface area contributed by atoms with Crippen LogP contribution in [0.3, 0.4) is 0 Å². The van der Waals surface area contributed by atoms with Gasteiger partial charge in [0.15, 0.2) is 11.6 Å². The fraction of sp³-hybridized carbons (Fsp3) is 0.280. The van der Waals surface area contributed by atoms with Gasteiger partial charge in [-0.1, -0.05) is 36.4 Å². The summed E-state index contributed by atoms with van der Waals surface area (Å²) < 4.78 is 0. The predicted octanol–water partition coefficient (Wildman–Crippen LogP) is 3.35. The van der Waals surface area contributed by atoms with Crippen molar-refractivity contribution in [2.24, 2.45) is 0 Å². The molecule has 0 atom stereocenters. The highest BCUT2D eigenvalue weighted by Crippen LogP contribution is 2.21. The second-order valence-corrected chi connectivity index (χ2v) is 7.42.